The van der Waals surface area contributed by atoms with Crippen molar-refractivity contribution in [3.8, 4) is 0 Å². The number of halogens is 1. The van der Waals surface area contributed by atoms with Gasteiger partial charge < -0.3 is 5.11 Å². The molecule has 1 aliphatic rings. The number of aryl methyl sites for hydroxylation is 2. The highest BCUT2D eigenvalue weighted by Crippen LogP contribution is 2.43. The van der Waals surface area contributed by atoms with Crippen LogP contribution < -0.4 is 4.90 Å². The highest BCUT2D eigenvalue weighted by atomic mass is 32.1. The van der Waals surface area contributed by atoms with Crippen molar-refractivity contribution in [1.82, 2.24) is 4.98 Å². The summed E-state index contributed by atoms with van der Waals surface area (Å²) >= 11 is 1.32. The molecule has 3 aromatic rings. The van der Waals surface area contributed by atoms with Crippen molar-refractivity contribution < 1.29 is 19.1 Å². The number of rotatable bonds is 3. The summed E-state index contributed by atoms with van der Waals surface area (Å²) in [6.07, 6.45) is 0. The van der Waals surface area contributed by atoms with Crippen molar-refractivity contribution in [1.29, 1.82) is 0 Å². The molecule has 1 atom stereocenters. The van der Waals surface area contributed by atoms with Crippen LogP contribution in [0.4, 0.5) is 9.52 Å². The third-order valence-electron chi connectivity index (χ3n) is 4.90. The van der Waals surface area contributed by atoms with Crippen LogP contribution in [0.15, 0.2) is 60.2 Å². The Labute approximate surface area is 170 Å². The van der Waals surface area contributed by atoms with E-state index in [1.807, 2.05) is 19.9 Å². The zero-order valence-corrected chi connectivity index (χ0v) is 16.5. The fourth-order valence-electron chi connectivity index (χ4n) is 3.30. The van der Waals surface area contributed by atoms with Crippen LogP contribution in [0, 0.1) is 19.7 Å². The number of carbonyl (C=O) groups excluding carboxylic acids is 2. The normalized spacial score (nSPS) is 18.4. The van der Waals surface area contributed by atoms with Gasteiger partial charge in [-0.25, -0.2) is 9.37 Å². The minimum atomic E-state index is -0.828. The maximum absolute atomic E-state index is 13.3. The number of benzene rings is 2. The Morgan fingerprint density at radius 3 is 2.31 bits per heavy atom. The van der Waals surface area contributed by atoms with Gasteiger partial charge in [0.2, 0.25) is 0 Å². The molecule has 0 aliphatic carbocycles. The van der Waals surface area contributed by atoms with Crippen LogP contribution in [-0.4, -0.2) is 21.8 Å². The Morgan fingerprint density at radius 1 is 1.07 bits per heavy atom. The number of hydrogen-bond donors (Lipinski definition) is 1. The van der Waals surface area contributed by atoms with Gasteiger partial charge in [-0.1, -0.05) is 30.3 Å². The Hall–Kier alpha value is -3.32. The maximum atomic E-state index is 13.3. The molecule has 0 unspecified atom stereocenters. The third-order valence-corrected chi connectivity index (χ3v) is 5.97. The van der Waals surface area contributed by atoms with Crippen molar-refractivity contribution in [2.45, 2.75) is 19.9 Å². The summed E-state index contributed by atoms with van der Waals surface area (Å²) in [5.74, 6) is -2.36. The van der Waals surface area contributed by atoms with Crippen molar-refractivity contribution >= 4 is 33.9 Å². The van der Waals surface area contributed by atoms with E-state index in [0.717, 1.165) is 10.6 Å². The predicted molar refractivity (Wildman–Crippen MR) is 109 cm³/mol. The number of anilines is 1. The van der Waals surface area contributed by atoms with E-state index >= 15 is 0 Å². The lowest BCUT2D eigenvalue weighted by atomic mass is 9.95. The van der Waals surface area contributed by atoms with Gasteiger partial charge in [0, 0.05) is 10.4 Å². The van der Waals surface area contributed by atoms with E-state index in [-0.39, 0.29) is 16.9 Å². The van der Waals surface area contributed by atoms with Crippen LogP contribution in [0.2, 0.25) is 0 Å². The molecule has 1 fully saturated rings. The van der Waals surface area contributed by atoms with Gasteiger partial charge in [-0.15, -0.1) is 11.3 Å². The molecule has 1 amide bonds. The number of nitrogens with zero attached hydrogens (tertiary/aromatic N) is 2. The van der Waals surface area contributed by atoms with Crippen molar-refractivity contribution in [2.24, 2.45) is 0 Å². The minimum absolute atomic E-state index is 0.0432. The average molecular weight is 408 g/mol. The first-order chi connectivity index (χ1) is 13.9. The molecule has 0 radical (unpaired) electrons. The second-order valence-electron chi connectivity index (χ2n) is 6.72. The lowest BCUT2D eigenvalue weighted by Crippen LogP contribution is -2.29. The zero-order chi connectivity index (χ0) is 20.7. The Kier molecular flexibility index (Phi) is 4.76. The van der Waals surface area contributed by atoms with Crippen LogP contribution >= 0.6 is 11.3 Å². The van der Waals surface area contributed by atoms with Gasteiger partial charge in [-0.3, -0.25) is 14.5 Å². The molecular formula is C22H17FN2O3S. The first-order valence-corrected chi connectivity index (χ1v) is 9.76. The third kappa shape index (κ3) is 3.23. The number of thiazole rings is 1. The van der Waals surface area contributed by atoms with Gasteiger partial charge in [-0.05, 0) is 43.7 Å². The maximum Gasteiger partial charge on any atom is 0.301 e. The number of carbonyl (C=O) groups is 2. The summed E-state index contributed by atoms with van der Waals surface area (Å²) in [5.41, 5.74) is 1.66. The van der Waals surface area contributed by atoms with Gasteiger partial charge >= 0.3 is 5.91 Å². The predicted octanol–water partition coefficient (Wildman–Crippen LogP) is 4.53. The Morgan fingerprint density at radius 2 is 1.72 bits per heavy atom. The quantitative estimate of drug-likeness (QED) is 0.393. The van der Waals surface area contributed by atoms with Gasteiger partial charge in [0.05, 0.1) is 17.3 Å². The SMILES string of the molecule is Cc1nc(N2C(=O)C(=O)/C(=C(/O)c3ccc(F)cc3)[C@@H]2c2ccccc2)sc1C. The number of aliphatic hydroxyl groups excluding tert-OH is 1. The lowest BCUT2D eigenvalue weighted by Gasteiger charge is -2.23. The monoisotopic (exact) mass is 408 g/mol. The molecule has 7 heteroatoms. The second kappa shape index (κ2) is 7.25. The molecule has 0 bridgehead atoms. The molecule has 146 valence electrons. The number of Topliss-reactive ketones (excluding diaryl/α,β-unsaturated/α-hetero) is 1. The Bertz CT molecular complexity index is 1120. The largest absolute Gasteiger partial charge is 0.507 e. The summed E-state index contributed by atoms with van der Waals surface area (Å²) in [4.78, 5) is 32.6. The molecule has 1 aromatic heterocycles. The standard InChI is InChI=1S/C22H17FN2O3S/c1-12-13(2)29-22(24-12)25-18(14-6-4-3-5-7-14)17(20(27)21(25)28)19(26)15-8-10-16(23)11-9-15/h3-11,18,26H,1-2H3/b19-17+/t18-/m0/s1. The van der Waals surface area contributed by atoms with Crippen LogP contribution in [0.1, 0.15) is 27.7 Å². The van der Waals surface area contributed by atoms with Crippen LogP contribution in [0.5, 0.6) is 0 Å². The topological polar surface area (TPSA) is 70.5 Å². The average Bonchev–Trinajstić information content (AvgIpc) is 3.18. The zero-order valence-electron chi connectivity index (χ0n) is 15.7. The van der Waals surface area contributed by atoms with E-state index in [1.165, 1.54) is 40.5 Å². The second-order valence-corrected chi connectivity index (χ2v) is 7.91. The number of hydrogen-bond acceptors (Lipinski definition) is 5. The molecule has 0 saturated carbocycles. The van der Waals surface area contributed by atoms with E-state index in [2.05, 4.69) is 4.98 Å². The fourth-order valence-corrected chi connectivity index (χ4v) is 4.24. The van der Waals surface area contributed by atoms with E-state index in [4.69, 9.17) is 0 Å². The molecular weight excluding hydrogens is 391 g/mol. The summed E-state index contributed by atoms with van der Waals surface area (Å²) in [6.45, 7) is 3.73. The summed E-state index contributed by atoms with van der Waals surface area (Å²) in [7, 11) is 0. The molecule has 1 saturated heterocycles. The molecule has 5 nitrogen and oxygen atoms in total. The van der Waals surface area contributed by atoms with Gasteiger partial charge in [0.25, 0.3) is 5.78 Å². The molecule has 2 heterocycles. The number of aromatic nitrogens is 1. The molecule has 1 N–H and O–H groups in total. The summed E-state index contributed by atoms with van der Waals surface area (Å²) < 4.78 is 13.3. The highest BCUT2D eigenvalue weighted by Gasteiger charge is 2.48. The van der Waals surface area contributed by atoms with Gasteiger partial charge in [0.1, 0.15) is 11.6 Å². The molecule has 29 heavy (non-hydrogen) atoms. The molecule has 2 aromatic carbocycles. The highest BCUT2D eigenvalue weighted by molar-refractivity contribution is 7.16. The molecule has 4 rings (SSSR count). The van der Waals surface area contributed by atoms with Crippen LogP contribution in [0.25, 0.3) is 5.76 Å². The summed E-state index contributed by atoms with van der Waals surface area (Å²) in [5, 5.41) is 11.3. The van der Waals surface area contributed by atoms with Crippen molar-refractivity contribution in [3.05, 3.63) is 87.7 Å². The molecule has 1 aliphatic heterocycles. The fraction of sp³-hybridized carbons (Fsp3) is 0.136. The van der Waals surface area contributed by atoms with E-state index in [1.54, 1.807) is 24.3 Å². The van der Waals surface area contributed by atoms with Crippen molar-refractivity contribution in [2.75, 3.05) is 4.90 Å². The lowest BCUT2D eigenvalue weighted by molar-refractivity contribution is -0.132. The van der Waals surface area contributed by atoms with Crippen molar-refractivity contribution in [3.63, 3.8) is 0 Å². The number of ketones is 1. The van der Waals surface area contributed by atoms with Gasteiger partial charge in [0.15, 0.2) is 5.13 Å². The van der Waals surface area contributed by atoms with E-state index < -0.39 is 23.5 Å². The minimum Gasteiger partial charge on any atom is -0.507 e. The Balaban J connectivity index is 1.94. The van der Waals surface area contributed by atoms with E-state index in [9.17, 15) is 19.1 Å². The van der Waals surface area contributed by atoms with E-state index in [0.29, 0.717) is 10.7 Å². The smallest absolute Gasteiger partial charge is 0.301 e. The first-order valence-electron chi connectivity index (χ1n) is 8.94. The van der Waals surface area contributed by atoms with Crippen LogP contribution in [-0.2, 0) is 9.59 Å². The first kappa shape index (κ1) is 19.0. The summed E-state index contributed by atoms with van der Waals surface area (Å²) in [6, 6.07) is 13.3. The number of amides is 1. The van der Waals surface area contributed by atoms with Crippen LogP contribution in [0.3, 0.4) is 0 Å². The number of aliphatic hydroxyl groups is 1. The molecule has 0 spiro atoms. The van der Waals surface area contributed by atoms with Gasteiger partial charge in [-0.2, -0.15) is 0 Å².